The lowest BCUT2D eigenvalue weighted by Gasteiger charge is -2.18. The molecule has 2 aromatic rings. The fourth-order valence-electron chi connectivity index (χ4n) is 1.97. The van der Waals surface area contributed by atoms with Crippen molar-refractivity contribution < 1.29 is 18.3 Å². The number of aryl methyl sites for hydroxylation is 1. The first-order chi connectivity index (χ1) is 10.9. The van der Waals surface area contributed by atoms with E-state index in [0.717, 1.165) is 5.56 Å². The second-order valence-corrected chi connectivity index (χ2v) is 5.41. The topological polar surface area (TPSA) is 47.4 Å². The van der Waals surface area contributed by atoms with E-state index in [1.807, 2.05) is 6.92 Å². The predicted molar refractivity (Wildman–Crippen MR) is 81.6 cm³/mol. The Bertz CT molecular complexity index is 691. The zero-order valence-corrected chi connectivity index (χ0v) is 13.4. The molecule has 0 saturated heterocycles. The van der Waals surface area contributed by atoms with Crippen LogP contribution < -0.4 is 4.74 Å². The van der Waals surface area contributed by atoms with Crippen molar-refractivity contribution in [1.82, 2.24) is 14.5 Å². The van der Waals surface area contributed by atoms with E-state index in [1.165, 1.54) is 24.3 Å². The summed E-state index contributed by atoms with van der Waals surface area (Å²) < 4.78 is 31.6. The van der Waals surface area contributed by atoms with E-state index in [4.69, 9.17) is 16.3 Å². The Morgan fingerprint density at radius 2 is 2.22 bits per heavy atom. The molecule has 0 aliphatic heterocycles. The molecule has 8 heteroatoms. The lowest BCUT2D eigenvalue weighted by Crippen LogP contribution is -2.32. The second kappa shape index (κ2) is 7.41. The van der Waals surface area contributed by atoms with Gasteiger partial charge in [-0.1, -0.05) is 11.6 Å². The van der Waals surface area contributed by atoms with Gasteiger partial charge in [-0.3, -0.25) is 9.36 Å². The van der Waals surface area contributed by atoms with E-state index in [2.05, 4.69) is 4.98 Å². The molecule has 0 aliphatic rings. The van der Waals surface area contributed by atoms with Gasteiger partial charge >= 0.3 is 6.55 Å². The minimum atomic E-state index is -2.69. The molecule has 1 amide bonds. The third-order valence-electron chi connectivity index (χ3n) is 3.25. The maximum Gasteiger partial charge on any atom is 0.319 e. The first kappa shape index (κ1) is 17.2. The van der Waals surface area contributed by atoms with Crippen LogP contribution in [0.5, 0.6) is 5.75 Å². The van der Waals surface area contributed by atoms with Crippen molar-refractivity contribution in [2.45, 2.75) is 20.0 Å². The molecule has 1 heterocycles. The number of alkyl halides is 2. The molecule has 0 radical (unpaired) electrons. The van der Waals surface area contributed by atoms with Crippen molar-refractivity contribution in [3.05, 3.63) is 47.0 Å². The molecule has 0 spiro atoms. The number of carbonyl (C=O) groups excluding carboxylic acids is 1. The molecule has 5 nitrogen and oxygen atoms in total. The van der Waals surface area contributed by atoms with Gasteiger partial charge in [0.25, 0.3) is 5.91 Å². The molecule has 23 heavy (non-hydrogen) atoms. The van der Waals surface area contributed by atoms with E-state index >= 15 is 0 Å². The molecule has 0 aliphatic carbocycles. The standard InChI is InChI=1S/C15H16ClF2N3O2/c1-10-7-11(16)3-4-12(10)23-9-14(22)20(2)8-13-19-5-6-21(13)15(17)18/h3-7,15H,8-9H2,1-2H3. The number of rotatable bonds is 6. The third kappa shape index (κ3) is 4.41. The minimum Gasteiger partial charge on any atom is -0.483 e. The maximum absolute atomic E-state index is 12.7. The first-order valence-electron chi connectivity index (χ1n) is 6.81. The van der Waals surface area contributed by atoms with Crippen molar-refractivity contribution in [2.24, 2.45) is 0 Å². The Kier molecular flexibility index (Phi) is 5.54. The monoisotopic (exact) mass is 343 g/mol. The largest absolute Gasteiger partial charge is 0.483 e. The molecule has 0 fully saturated rings. The van der Waals surface area contributed by atoms with Crippen LogP contribution in [0, 0.1) is 6.92 Å². The molecular formula is C15H16ClF2N3O2. The van der Waals surface area contributed by atoms with Gasteiger partial charge in [0.1, 0.15) is 11.6 Å². The Morgan fingerprint density at radius 1 is 1.48 bits per heavy atom. The highest BCUT2D eigenvalue weighted by atomic mass is 35.5. The van der Waals surface area contributed by atoms with Crippen LogP contribution in [-0.4, -0.2) is 34.0 Å². The summed E-state index contributed by atoms with van der Waals surface area (Å²) in [5.74, 6) is 0.312. The smallest absolute Gasteiger partial charge is 0.319 e. The van der Waals surface area contributed by atoms with Crippen molar-refractivity contribution in [1.29, 1.82) is 0 Å². The molecule has 2 rings (SSSR count). The van der Waals surface area contributed by atoms with Crippen LogP contribution in [0.3, 0.4) is 0 Å². The molecule has 0 N–H and O–H groups in total. The number of hydrogen-bond acceptors (Lipinski definition) is 3. The van der Waals surface area contributed by atoms with E-state index in [0.29, 0.717) is 15.3 Å². The van der Waals surface area contributed by atoms with Crippen LogP contribution in [0.1, 0.15) is 17.9 Å². The van der Waals surface area contributed by atoms with Crippen LogP contribution in [-0.2, 0) is 11.3 Å². The van der Waals surface area contributed by atoms with E-state index in [1.54, 1.807) is 18.2 Å². The Balaban J connectivity index is 1.93. The van der Waals surface area contributed by atoms with Gasteiger partial charge in [-0.25, -0.2) is 4.98 Å². The zero-order chi connectivity index (χ0) is 17.0. The number of imidazole rings is 1. The Hall–Kier alpha value is -2.15. The highest BCUT2D eigenvalue weighted by Crippen LogP contribution is 2.21. The average molecular weight is 344 g/mol. The van der Waals surface area contributed by atoms with Gasteiger partial charge in [-0.2, -0.15) is 8.78 Å². The summed E-state index contributed by atoms with van der Waals surface area (Å²) in [6.45, 7) is -1.11. The van der Waals surface area contributed by atoms with Crippen LogP contribution >= 0.6 is 11.6 Å². The number of amides is 1. The zero-order valence-electron chi connectivity index (χ0n) is 12.7. The van der Waals surface area contributed by atoms with Crippen molar-refractivity contribution >= 4 is 17.5 Å². The number of likely N-dealkylation sites (N-methyl/N-ethyl adjacent to an activating group) is 1. The molecule has 124 valence electrons. The summed E-state index contributed by atoms with van der Waals surface area (Å²) in [5.41, 5.74) is 0.807. The number of nitrogens with zero attached hydrogens (tertiary/aromatic N) is 3. The van der Waals surface area contributed by atoms with Crippen LogP contribution in [0.2, 0.25) is 5.02 Å². The van der Waals surface area contributed by atoms with Crippen molar-refractivity contribution in [3.8, 4) is 5.75 Å². The normalized spacial score (nSPS) is 10.9. The molecule has 0 atom stereocenters. The molecule has 0 bridgehead atoms. The number of benzene rings is 1. The summed E-state index contributed by atoms with van der Waals surface area (Å²) in [6, 6.07) is 5.07. The fourth-order valence-corrected chi connectivity index (χ4v) is 2.20. The van der Waals surface area contributed by atoms with E-state index < -0.39 is 6.55 Å². The lowest BCUT2D eigenvalue weighted by atomic mass is 10.2. The number of halogens is 3. The summed E-state index contributed by atoms with van der Waals surface area (Å²) in [5, 5.41) is 0.581. The highest BCUT2D eigenvalue weighted by molar-refractivity contribution is 6.30. The second-order valence-electron chi connectivity index (χ2n) is 4.98. The highest BCUT2D eigenvalue weighted by Gasteiger charge is 2.16. The van der Waals surface area contributed by atoms with Gasteiger partial charge in [0.2, 0.25) is 0 Å². The SMILES string of the molecule is Cc1cc(Cl)ccc1OCC(=O)N(C)Cc1nccn1C(F)F. The summed E-state index contributed by atoms with van der Waals surface area (Å²) in [6.07, 6.45) is 2.44. The van der Waals surface area contributed by atoms with Crippen LogP contribution in [0.4, 0.5) is 8.78 Å². The summed E-state index contributed by atoms with van der Waals surface area (Å²) in [4.78, 5) is 17.2. The van der Waals surface area contributed by atoms with Gasteiger partial charge in [0.15, 0.2) is 6.61 Å². The van der Waals surface area contributed by atoms with Gasteiger partial charge in [-0.05, 0) is 30.7 Å². The van der Waals surface area contributed by atoms with Gasteiger partial charge in [-0.15, -0.1) is 0 Å². The van der Waals surface area contributed by atoms with Crippen LogP contribution in [0.15, 0.2) is 30.6 Å². The molecule has 0 saturated carbocycles. The van der Waals surface area contributed by atoms with Gasteiger partial charge in [0.05, 0.1) is 6.54 Å². The predicted octanol–water partition coefficient (Wildman–Crippen LogP) is 3.28. The quantitative estimate of drug-likeness (QED) is 0.808. The number of ether oxygens (including phenoxy) is 1. The van der Waals surface area contributed by atoms with Crippen LogP contribution in [0.25, 0.3) is 0 Å². The van der Waals surface area contributed by atoms with Crippen molar-refractivity contribution in [2.75, 3.05) is 13.7 Å². The number of carbonyl (C=O) groups is 1. The third-order valence-corrected chi connectivity index (χ3v) is 3.49. The van der Waals surface area contributed by atoms with Gasteiger partial charge in [0, 0.05) is 24.5 Å². The molecular weight excluding hydrogens is 328 g/mol. The van der Waals surface area contributed by atoms with E-state index in [9.17, 15) is 13.6 Å². The van der Waals surface area contributed by atoms with Gasteiger partial charge < -0.3 is 9.64 Å². The van der Waals surface area contributed by atoms with Crippen molar-refractivity contribution in [3.63, 3.8) is 0 Å². The Labute approximate surface area is 137 Å². The molecule has 1 aromatic carbocycles. The maximum atomic E-state index is 12.7. The number of aromatic nitrogens is 2. The van der Waals surface area contributed by atoms with E-state index in [-0.39, 0.29) is 24.9 Å². The summed E-state index contributed by atoms with van der Waals surface area (Å²) >= 11 is 5.85. The molecule has 1 aromatic heterocycles. The summed E-state index contributed by atoms with van der Waals surface area (Å²) in [7, 11) is 1.50. The lowest BCUT2D eigenvalue weighted by molar-refractivity contribution is -0.132. The average Bonchev–Trinajstić information content (AvgIpc) is 2.94. The first-order valence-corrected chi connectivity index (χ1v) is 7.19. The minimum absolute atomic E-state index is 0.0286. The number of hydrogen-bond donors (Lipinski definition) is 0. The fraction of sp³-hybridized carbons (Fsp3) is 0.333. The Morgan fingerprint density at radius 3 is 2.87 bits per heavy atom. The molecule has 0 unspecified atom stereocenters.